The molecule has 5 nitrogen and oxygen atoms in total. The molecule has 124 valence electrons. The quantitative estimate of drug-likeness (QED) is 0.849. The molecular weight excluding hydrogens is 295 g/mol. The molecule has 0 fully saturated rings. The van der Waals surface area contributed by atoms with E-state index in [0.29, 0.717) is 12.4 Å². The molecule has 0 aliphatic carbocycles. The van der Waals surface area contributed by atoms with Gasteiger partial charge in [-0.3, -0.25) is 4.79 Å². The molecular formula is C17H23FN4O. The van der Waals surface area contributed by atoms with Crippen LogP contribution in [0.3, 0.4) is 0 Å². The van der Waals surface area contributed by atoms with Crippen LogP contribution < -0.4 is 5.32 Å². The number of anilines is 1. The van der Waals surface area contributed by atoms with Gasteiger partial charge >= 0.3 is 0 Å². The summed E-state index contributed by atoms with van der Waals surface area (Å²) < 4.78 is 14.9. The highest BCUT2D eigenvalue weighted by molar-refractivity contribution is 5.91. The summed E-state index contributed by atoms with van der Waals surface area (Å²) in [6, 6.07) is 6.36. The highest BCUT2D eigenvalue weighted by Crippen LogP contribution is 2.15. The highest BCUT2D eigenvalue weighted by Gasteiger charge is 2.16. The van der Waals surface area contributed by atoms with Crippen molar-refractivity contribution < 1.29 is 9.18 Å². The average molecular weight is 318 g/mol. The molecule has 1 unspecified atom stereocenters. The number of nitrogens with one attached hydrogen (secondary N) is 1. The van der Waals surface area contributed by atoms with E-state index in [1.165, 1.54) is 12.1 Å². The second-order valence-electron chi connectivity index (χ2n) is 5.84. The van der Waals surface area contributed by atoms with Gasteiger partial charge in [0, 0.05) is 5.92 Å². The van der Waals surface area contributed by atoms with Gasteiger partial charge in [-0.2, -0.15) is 0 Å². The second-order valence-corrected chi connectivity index (χ2v) is 5.84. The SMILES string of the molecule is CCCCC(C)C(=O)Nc1nnn(Cc2cccc(F)c2)c1C. The first kappa shape index (κ1) is 17.1. The van der Waals surface area contributed by atoms with Crippen LogP contribution in [0.15, 0.2) is 24.3 Å². The standard InChI is InChI=1S/C17H23FN4O/c1-4-5-7-12(2)17(23)19-16-13(3)22(21-20-16)11-14-8-6-9-15(18)10-14/h6,8-10,12H,4-5,7,11H2,1-3H3,(H,19,23). The van der Waals surface area contributed by atoms with Crippen molar-refractivity contribution in [2.75, 3.05) is 5.32 Å². The third kappa shape index (κ3) is 4.61. The molecule has 1 aromatic heterocycles. The molecule has 0 bridgehead atoms. The van der Waals surface area contributed by atoms with Crippen LogP contribution in [0.25, 0.3) is 0 Å². The molecule has 23 heavy (non-hydrogen) atoms. The van der Waals surface area contributed by atoms with Crippen LogP contribution in [-0.4, -0.2) is 20.9 Å². The van der Waals surface area contributed by atoms with Crippen molar-refractivity contribution in [3.8, 4) is 0 Å². The lowest BCUT2D eigenvalue weighted by Crippen LogP contribution is -2.21. The topological polar surface area (TPSA) is 59.8 Å². The number of unbranched alkanes of at least 4 members (excludes halogenated alkanes) is 1. The summed E-state index contributed by atoms with van der Waals surface area (Å²) in [5.74, 6) is 0.0929. The van der Waals surface area contributed by atoms with Crippen LogP contribution in [0, 0.1) is 18.7 Å². The summed E-state index contributed by atoms with van der Waals surface area (Å²) in [6.45, 7) is 6.27. The molecule has 0 radical (unpaired) electrons. The average Bonchev–Trinajstić information content (AvgIpc) is 2.85. The Balaban J connectivity index is 2.03. The Morgan fingerprint density at radius 1 is 1.43 bits per heavy atom. The van der Waals surface area contributed by atoms with Gasteiger partial charge in [-0.25, -0.2) is 9.07 Å². The molecule has 0 spiro atoms. The van der Waals surface area contributed by atoms with Crippen LogP contribution in [0.2, 0.25) is 0 Å². The van der Waals surface area contributed by atoms with E-state index in [1.807, 2.05) is 19.9 Å². The van der Waals surface area contributed by atoms with Crippen molar-refractivity contribution in [2.24, 2.45) is 5.92 Å². The second kappa shape index (κ2) is 7.85. The number of nitrogens with zero attached hydrogens (tertiary/aromatic N) is 3. The van der Waals surface area contributed by atoms with E-state index in [-0.39, 0.29) is 17.6 Å². The minimum Gasteiger partial charge on any atom is -0.307 e. The molecule has 6 heteroatoms. The summed E-state index contributed by atoms with van der Waals surface area (Å²) in [4.78, 5) is 12.1. The zero-order chi connectivity index (χ0) is 16.8. The lowest BCUT2D eigenvalue weighted by molar-refractivity contribution is -0.119. The summed E-state index contributed by atoms with van der Waals surface area (Å²) in [6.07, 6.45) is 2.96. The Kier molecular flexibility index (Phi) is 5.84. The molecule has 1 amide bonds. The lowest BCUT2D eigenvalue weighted by Gasteiger charge is -2.10. The Morgan fingerprint density at radius 2 is 2.22 bits per heavy atom. The molecule has 1 N–H and O–H groups in total. The van der Waals surface area contributed by atoms with Crippen molar-refractivity contribution in [1.29, 1.82) is 0 Å². The summed E-state index contributed by atoms with van der Waals surface area (Å²) >= 11 is 0. The van der Waals surface area contributed by atoms with Crippen LogP contribution >= 0.6 is 0 Å². The zero-order valence-electron chi connectivity index (χ0n) is 13.8. The number of rotatable bonds is 7. The summed E-state index contributed by atoms with van der Waals surface area (Å²) in [5.41, 5.74) is 1.55. The van der Waals surface area contributed by atoms with Crippen molar-refractivity contribution in [3.63, 3.8) is 0 Å². The van der Waals surface area contributed by atoms with Gasteiger partial charge in [0.1, 0.15) is 5.82 Å². The third-order valence-corrected chi connectivity index (χ3v) is 3.88. The van der Waals surface area contributed by atoms with Crippen LogP contribution in [0.4, 0.5) is 10.2 Å². The molecule has 1 heterocycles. The number of amides is 1. The third-order valence-electron chi connectivity index (χ3n) is 3.88. The van der Waals surface area contributed by atoms with Crippen LogP contribution in [0.1, 0.15) is 44.4 Å². The molecule has 1 atom stereocenters. The monoisotopic (exact) mass is 318 g/mol. The number of hydrogen-bond donors (Lipinski definition) is 1. The molecule has 2 rings (SSSR count). The molecule has 1 aromatic carbocycles. The molecule has 0 aliphatic rings. The Bertz CT molecular complexity index is 668. The van der Waals surface area contributed by atoms with Gasteiger partial charge in [-0.1, -0.05) is 44.0 Å². The van der Waals surface area contributed by atoms with E-state index in [4.69, 9.17) is 0 Å². The summed E-state index contributed by atoms with van der Waals surface area (Å²) in [7, 11) is 0. The van der Waals surface area contributed by atoms with Gasteiger partial charge in [0.15, 0.2) is 5.82 Å². The van der Waals surface area contributed by atoms with Gasteiger partial charge < -0.3 is 5.32 Å². The number of aromatic nitrogens is 3. The minimum atomic E-state index is -0.279. The van der Waals surface area contributed by atoms with Gasteiger partial charge in [0.05, 0.1) is 12.2 Å². The maximum absolute atomic E-state index is 13.2. The van der Waals surface area contributed by atoms with E-state index >= 15 is 0 Å². The van der Waals surface area contributed by atoms with Crippen molar-refractivity contribution >= 4 is 11.7 Å². The molecule has 2 aromatic rings. The van der Waals surface area contributed by atoms with Gasteiger partial charge in [0.2, 0.25) is 5.91 Å². The minimum absolute atomic E-state index is 0.0423. The number of hydrogen-bond acceptors (Lipinski definition) is 3. The number of carbonyl (C=O) groups is 1. The first-order chi connectivity index (χ1) is 11.0. The first-order valence-corrected chi connectivity index (χ1v) is 7.96. The largest absolute Gasteiger partial charge is 0.307 e. The number of halogens is 1. The lowest BCUT2D eigenvalue weighted by atomic mass is 10.0. The van der Waals surface area contributed by atoms with E-state index in [9.17, 15) is 9.18 Å². The fraction of sp³-hybridized carbons (Fsp3) is 0.471. The van der Waals surface area contributed by atoms with Crippen molar-refractivity contribution in [2.45, 2.75) is 46.6 Å². The molecule has 0 saturated heterocycles. The van der Waals surface area contributed by atoms with Gasteiger partial charge in [-0.05, 0) is 31.0 Å². The Morgan fingerprint density at radius 3 is 2.91 bits per heavy atom. The van der Waals surface area contributed by atoms with E-state index < -0.39 is 0 Å². The molecule has 0 aliphatic heterocycles. The predicted octanol–water partition coefficient (Wildman–Crippen LogP) is 3.54. The summed E-state index contributed by atoms with van der Waals surface area (Å²) in [5, 5.41) is 10.9. The van der Waals surface area contributed by atoms with E-state index in [2.05, 4.69) is 22.6 Å². The van der Waals surface area contributed by atoms with Crippen molar-refractivity contribution in [1.82, 2.24) is 15.0 Å². The predicted molar refractivity (Wildman–Crippen MR) is 87.6 cm³/mol. The van der Waals surface area contributed by atoms with Crippen molar-refractivity contribution in [3.05, 3.63) is 41.3 Å². The Labute approximate surface area is 135 Å². The highest BCUT2D eigenvalue weighted by atomic mass is 19.1. The normalized spacial score (nSPS) is 12.2. The Hall–Kier alpha value is -2.24. The zero-order valence-corrected chi connectivity index (χ0v) is 13.8. The number of carbonyl (C=O) groups excluding carboxylic acids is 1. The smallest absolute Gasteiger partial charge is 0.228 e. The maximum Gasteiger partial charge on any atom is 0.228 e. The molecule has 0 saturated carbocycles. The van der Waals surface area contributed by atoms with Gasteiger partial charge in [-0.15, -0.1) is 5.10 Å². The van der Waals surface area contributed by atoms with Gasteiger partial charge in [0.25, 0.3) is 0 Å². The fourth-order valence-corrected chi connectivity index (χ4v) is 2.32. The van der Waals surface area contributed by atoms with E-state index in [1.54, 1.807) is 10.7 Å². The maximum atomic E-state index is 13.2. The first-order valence-electron chi connectivity index (χ1n) is 7.96. The van der Waals surface area contributed by atoms with Crippen LogP contribution in [-0.2, 0) is 11.3 Å². The van der Waals surface area contributed by atoms with Crippen LogP contribution in [0.5, 0.6) is 0 Å². The van der Waals surface area contributed by atoms with E-state index in [0.717, 1.165) is 30.5 Å². The number of benzene rings is 1. The fourth-order valence-electron chi connectivity index (χ4n) is 2.32.